The Balaban J connectivity index is 2.42. The molecule has 0 aliphatic carbocycles. The molecule has 1 rings (SSSR count). The Morgan fingerprint density at radius 2 is 1.71 bits per heavy atom. The largest absolute Gasteiger partial charge is 0.454 e. The average Bonchev–Trinajstić information content (AvgIpc) is 2.36. The van der Waals surface area contributed by atoms with Crippen LogP contribution in [0.15, 0.2) is 30.3 Å². The van der Waals surface area contributed by atoms with Crippen molar-refractivity contribution in [3.63, 3.8) is 0 Å². The van der Waals surface area contributed by atoms with Crippen LogP contribution in [0.3, 0.4) is 0 Å². The molecule has 0 aliphatic heterocycles. The van der Waals surface area contributed by atoms with Gasteiger partial charge in [-0.3, -0.25) is 4.79 Å². The minimum atomic E-state index is -0.888. The van der Waals surface area contributed by atoms with Gasteiger partial charge in [0.1, 0.15) is 0 Å². The summed E-state index contributed by atoms with van der Waals surface area (Å²) in [7, 11) is 0. The van der Waals surface area contributed by atoms with E-state index in [1.165, 1.54) is 12.1 Å². The number of carbonyl (C=O) groups is 3. The molecule has 0 N–H and O–H groups in total. The third kappa shape index (κ3) is 4.46. The van der Waals surface area contributed by atoms with Crippen LogP contribution in [-0.4, -0.2) is 24.5 Å². The van der Waals surface area contributed by atoms with Gasteiger partial charge in [-0.25, -0.2) is 9.59 Å². The molecular weight excluding hydrogens is 224 g/mol. The van der Waals surface area contributed by atoms with Crippen molar-refractivity contribution < 1.29 is 23.9 Å². The number of rotatable bonds is 4. The lowest BCUT2D eigenvalue weighted by molar-refractivity contribution is -0.155. The van der Waals surface area contributed by atoms with Crippen molar-refractivity contribution in [1.82, 2.24) is 0 Å². The van der Waals surface area contributed by atoms with Gasteiger partial charge in [-0.1, -0.05) is 25.1 Å². The fraction of sp³-hybridized carbons (Fsp3) is 0.250. The summed E-state index contributed by atoms with van der Waals surface area (Å²) in [6.07, 6.45) is 0.167. The van der Waals surface area contributed by atoms with Gasteiger partial charge in [-0.15, -0.1) is 0 Å². The summed E-state index contributed by atoms with van der Waals surface area (Å²) in [6, 6.07) is 8.08. The summed E-state index contributed by atoms with van der Waals surface area (Å²) in [4.78, 5) is 33.3. The van der Waals surface area contributed by atoms with E-state index in [-0.39, 0.29) is 12.0 Å². The molecule has 0 saturated carbocycles. The summed E-state index contributed by atoms with van der Waals surface area (Å²) in [6.45, 7) is 1.05. The molecule has 0 unspecified atom stereocenters. The highest BCUT2D eigenvalue weighted by Crippen LogP contribution is 2.01. The monoisotopic (exact) mass is 236 g/mol. The van der Waals surface area contributed by atoms with Crippen LogP contribution in [0.1, 0.15) is 23.7 Å². The summed E-state index contributed by atoms with van der Waals surface area (Å²) in [5.74, 6) is -2.17. The van der Waals surface area contributed by atoms with E-state index in [2.05, 4.69) is 9.47 Å². The summed E-state index contributed by atoms with van der Waals surface area (Å²) < 4.78 is 9.00. The first-order chi connectivity index (χ1) is 8.13. The smallest absolute Gasteiger partial charge is 0.352 e. The molecule has 17 heavy (non-hydrogen) atoms. The maximum absolute atomic E-state index is 11.4. The molecular formula is C12H12O5. The van der Waals surface area contributed by atoms with E-state index in [4.69, 9.17) is 0 Å². The number of benzene rings is 1. The summed E-state index contributed by atoms with van der Waals surface area (Å²) in [5.41, 5.74) is 0.266. The molecule has 0 amide bonds. The lowest BCUT2D eigenvalue weighted by Crippen LogP contribution is -2.19. The fourth-order valence-corrected chi connectivity index (χ4v) is 1.01. The molecule has 0 saturated heterocycles. The highest BCUT2D eigenvalue weighted by molar-refractivity contribution is 5.97. The molecule has 0 aliphatic rings. The minimum absolute atomic E-state index is 0.167. The van der Waals surface area contributed by atoms with Gasteiger partial charge in [-0.05, 0) is 12.1 Å². The second-order valence-corrected chi connectivity index (χ2v) is 3.14. The van der Waals surface area contributed by atoms with Crippen molar-refractivity contribution >= 4 is 17.9 Å². The molecule has 0 radical (unpaired) electrons. The molecule has 0 bridgehead atoms. The van der Waals surface area contributed by atoms with Gasteiger partial charge in [0.05, 0.1) is 5.56 Å². The van der Waals surface area contributed by atoms with E-state index in [1.807, 2.05) is 0 Å². The summed E-state index contributed by atoms with van der Waals surface area (Å²) in [5, 5.41) is 0. The molecule has 0 heterocycles. The first-order valence-electron chi connectivity index (χ1n) is 5.09. The van der Waals surface area contributed by atoms with Crippen molar-refractivity contribution in [2.45, 2.75) is 13.3 Å². The zero-order valence-corrected chi connectivity index (χ0v) is 9.34. The maximum Gasteiger partial charge on any atom is 0.352 e. The lowest BCUT2D eigenvalue weighted by Gasteiger charge is -2.03. The van der Waals surface area contributed by atoms with Gasteiger partial charge < -0.3 is 9.47 Å². The van der Waals surface area contributed by atoms with E-state index in [1.54, 1.807) is 25.1 Å². The number of ether oxygens (including phenoxy) is 2. The molecule has 0 atom stereocenters. The van der Waals surface area contributed by atoms with Crippen LogP contribution in [0.4, 0.5) is 0 Å². The quantitative estimate of drug-likeness (QED) is 0.582. The van der Waals surface area contributed by atoms with Gasteiger partial charge in [-0.2, -0.15) is 0 Å². The minimum Gasteiger partial charge on any atom is -0.454 e. The Kier molecular flexibility index (Phi) is 4.87. The lowest BCUT2D eigenvalue weighted by atomic mass is 10.2. The molecule has 0 spiro atoms. The predicted octanol–water partition coefficient (Wildman–Crippen LogP) is 1.32. The Morgan fingerprint density at radius 1 is 1.06 bits per heavy atom. The van der Waals surface area contributed by atoms with E-state index >= 15 is 0 Å². The van der Waals surface area contributed by atoms with Gasteiger partial charge in [0.15, 0.2) is 6.61 Å². The van der Waals surface area contributed by atoms with E-state index in [9.17, 15) is 14.4 Å². The predicted molar refractivity (Wildman–Crippen MR) is 58.1 cm³/mol. The van der Waals surface area contributed by atoms with Gasteiger partial charge in [0.25, 0.3) is 0 Å². The first-order valence-corrected chi connectivity index (χ1v) is 5.09. The number of esters is 3. The maximum atomic E-state index is 11.4. The third-order valence-corrected chi connectivity index (χ3v) is 1.86. The fourth-order valence-electron chi connectivity index (χ4n) is 1.01. The molecule has 0 aromatic heterocycles. The molecule has 1 aromatic carbocycles. The molecule has 1 aromatic rings. The number of hydrogen-bond donors (Lipinski definition) is 0. The SMILES string of the molecule is CCC(=O)OCC(=O)OC(=O)c1ccccc1. The molecule has 0 fully saturated rings. The van der Waals surface area contributed by atoms with Crippen LogP contribution in [0, 0.1) is 0 Å². The third-order valence-electron chi connectivity index (χ3n) is 1.86. The molecule has 5 heteroatoms. The molecule has 90 valence electrons. The van der Waals surface area contributed by atoms with E-state index < -0.39 is 24.5 Å². The van der Waals surface area contributed by atoms with Gasteiger partial charge >= 0.3 is 17.9 Å². The van der Waals surface area contributed by atoms with Crippen molar-refractivity contribution in [3.8, 4) is 0 Å². The Morgan fingerprint density at radius 3 is 2.29 bits per heavy atom. The van der Waals surface area contributed by atoms with Crippen LogP contribution >= 0.6 is 0 Å². The zero-order valence-electron chi connectivity index (χ0n) is 9.34. The number of carbonyl (C=O) groups excluding carboxylic acids is 3. The second-order valence-electron chi connectivity index (χ2n) is 3.14. The Hall–Kier alpha value is -2.17. The van der Waals surface area contributed by atoms with Crippen LogP contribution in [0.2, 0.25) is 0 Å². The van der Waals surface area contributed by atoms with Crippen molar-refractivity contribution in [2.75, 3.05) is 6.61 Å². The highest BCUT2D eigenvalue weighted by Gasteiger charge is 2.13. The van der Waals surface area contributed by atoms with Crippen LogP contribution in [0.25, 0.3) is 0 Å². The van der Waals surface area contributed by atoms with E-state index in [0.29, 0.717) is 0 Å². The topological polar surface area (TPSA) is 69.7 Å². The van der Waals surface area contributed by atoms with Crippen LogP contribution < -0.4 is 0 Å². The van der Waals surface area contributed by atoms with Crippen molar-refractivity contribution in [3.05, 3.63) is 35.9 Å². The van der Waals surface area contributed by atoms with Crippen molar-refractivity contribution in [2.24, 2.45) is 0 Å². The number of hydrogen-bond acceptors (Lipinski definition) is 5. The normalized spacial score (nSPS) is 9.47. The highest BCUT2D eigenvalue weighted by atomic mass is 16.6. The van der Waals surface area contributed by atoms with Crippen molar-refractivity contribution in [1.29, 1.82) is 0 Å². The molecule has 5 nitrogen and oxygen atoms in total. The summed E-state index contributed by atoms with van der Waals surface area (Å²) >= 11 is 0. The Labute approximate surface area is 98.3 Å². The average molecular weight is 236 g/mol. The Bertz CT molecular complexity index is 410. The van der Waals surface area contributed by atoms with Gasteiger partial charge in [0, 0.05) is 6.42 Å². The zero-order chi connectivity index (χ0) is 12.7. The standard InChI is InChI=1S/C12H12O5/c1-2-10(13)16-8-11(14)17-12(15)9-6-4-3-5-7-9/h3-7H,2,8H2,1H3. The van der Waals surface area contributed by atoms with Crippen LogP contribution in [-0.2, 0) is 19.1 Å². The first kappa shape index (κ1) is 12.9. The van der Waals surface area contributed by atoms with Gasteiger partial charge in [0.2, 0.25) is 0 Å². The van der Waals surface area contributed by atoms with Crippen LogP contribution in [0.5, 0.6) is 0 Å². The van der Waals surface area contributed by atoms with E-state index in [0.717, 1.165) is 0 Å². The second kappa shape index (κ2) is 6.42.